The van der Waals surface area contributed by atoms with Crippen molar-refractivity contribution in [2.45, 2.75) is 25.2 Å². The fourth-order valence-corrected chi connectivity index (χ4v) is 2.23. The molecular weight excluding hydrogens is 252 g/mol. The van der Waals surface area contributed by atoms with Gasteiger partial charge in [-0.2, -0.15) is 0 Å². The minimum absolute atomic E-state index is 0.143. The van der Waals surface area contributed by atoms with Crippen molar-refractivity contribution >= 4 is 17.5 Å². The first-order valence-electron chi connectivity index (χ1n) is 6.36. The van der Waals surface area contributed by atoms with Gasteiger partial charge >= 0.3 is 0 Å². The lowest BCUT2D eigenvalue weighted by molar-refractivity contribution is -0.123. The van der Waals surface area contributed by atoms with Gasteiger partial charge in [-0.25, -0.2) is 0 Å². The third kappa shape index (κ3) is 3.35. The molecule has 0 atom stereocenters. The van der Waals surface area contributed by atoms with Crippen molar-refractivity contribution in [3.05, 3.63) is 55.1 Å². The van der Waals surface area contributed by atoms with E-state index in [0.29, 0.717) is 18.5 Å². The van der Waals surface area contributed by atoms with Crippen LogP contribution in [0.5, 0.6) is 0 Å². The number of anilines is 1. The molecule has 0 saturated carbocycles. The number of benzene rings is 1. The molecule has 0 bridgehead atoms. The lowest BCUT2D eigenvalue weighted by Crippen LogP contribution is -2.40. The summed E-state index contributed by atoms with van der Waals surface area (Å²) in [6, 6.07) is 7.09. The Morgan fingerprint density at radius 2 is 1.70 bits per heavy atom. The maximum atomic E-state index is 11.9. The van der Waals surface area contributed by atoms with E-state index in [4.69, 9.17) is 5.73 Å². The summed E-state index contributed by atoms with van der Waals surface area (Å²) in [5.74, 6) is -0.555. The first-order chi connectivity index (χ1) is 9.46. The minimum Gasteiger partial charge on any atom is -0.369 e. The van der Waals surface area contributed by atoms with E-state index in [2.05, 4.69) is 18.5 Å². The molecule has 0 spiro atoms. The Kier molecular flexibility index (Phi) is 5.26. The number of primary amides is 1. The van der Waals surface area contributed by atoms with Crippen molar-refractivity contribution in [3.8, 4) is 0 Å². The Balaban J connectivity index is 3.19. The summed E-state index contributed by atoms with van der Waals surface area (Å²) in [4.78, 5) is 22.9. The van der Waals surface area contributed by atoms with Gasteiger partial charge < -0.3 is 11.1 Å². The topological polar surface area (TPSA) is 72.2 Å². The average molecular weight is 272 g/mol. The van der Waals surface area contributed by atoms with Crippen LogP contribution in [0.3, 0.4) is 0 Å². The van der Waals surface area contributed by atoms with Gasteiger partial charge in [0.25, 0.3) is 0 Å². The second-order valence-electron chi connectivity index (χ2n) is 4.69. The molecule has 1 aromatic rings. The Labute approximate surface area is 119 Å². The first kappa shape index (κ1) is 15.7. The molecule has 4 heteroatoms. The second-order valence-corrected chi connectivity index (χ2v) is 4.69. The van der Waals surface area contributed by atoms with E-state index in [-0.39, 0.29) is 5.91 Å². The lowest BCUT2D eigenvalue weighted by atomic mass is 9.74. The van der Waals surface area contributed by atoms with Crippen molar-refractivity contribution in [2.24, 2.45) is 5.73 Å². The molecule has 0 aliphatic carbocycles. The predicted molar refractivity (Wildman–Crippen MR) is 81.2 cm³/mol. The summed E-state index contributed by atoms with van der Waals surface area (Å²) in [5, 5.41) is 2.68. The number of amides is 2. The number of allylic oxidation sites excluding steroid dienone is 2. The van der Waals surface area contributed by atoms with E-state index < -0.39 is 11.3 Å². The van der Waals surface area contributed by atoms with Crippen molar-refractivity contribution < 1.29 is 9.59 Å². The molecular formula is C16H20N2O2. The van der Waals surface area contributed by atoms with Gasteiger partial charge in [-0.05, 0) is 30.5 Å². The molecule has 20 heavy (non-hydrogen) atoms. The van der Waals surface area contributed by atoms with E-state index >= 15 is 0 Å². The third-order valence-electron chi connectivity index (χ3n) is 3.22. The van der Waals surface area contributed by atoms with E-state index in [1.807, 2.05) is 0 Å². The van der Waals surface area contributed by atoms with Gasteiger partial charge in [0.05, 0.1) is 5.41 Å². The smallest absolute Gasteiger partial charge is 0.228 e. The first-order valence-corrected chi connectivity index (χ1v) is 6.36. The van der Waals surface area contributed by atoms with E-state index in [9.17, 15) is 9.59 Å². The Morgan fingerprint density at radius 1 is 1.20 bits per heavy atom. The van der Waals surface area contributed by atoms with Crippen LogP contribution in [0, 0.1) is 0 Å². The van der Waals surface area contributed by atoms with Crippen LogP contribution in [0.4, 0.5) is 5.69 Å². The zero-order chi connectivity index (χ0) is 15.2. The van der Waals surface area contributed by atoms with Crippen LogP contribution in [0.15, 0.2) is 49.6 Å². The van der Waals surface area contributed by atoms with Crippen LogP contribution in [-0.2, 0) is 15.0 Å². The average Bonchev–Trinajstić information content (AvgIpc) is 2.38. The highest BCUT2D eigenvalue weighted by Gasteiger charge is 2.36. The van der Waals surface area contributed by atoms with Crippen LogP contribution in [0.1, 0.15) is 25.3 Å². The highest BCUT2D eigenvalue weighted by atomic mass is 16.1. The molecule has 0 radical (unpaired) electrons. The standard InChI is InChI=1S/C16H20N2O2/c1-4-10-16(11-5-2,15(17)20)13-6-8-14(9-7-13)18-12(3)19/h4-9H,1-2,10-11H2,3H3,(H2,17,20)(H,18,19). The normalized spacial score (nSPS) is 10.7. The summed E-state index contributed by atoms with van der Waals surface area (Å²) in [6.07, 6.45) is 4.23. The van der Waals surface area contributed by atoms with Gasteiger partial charge in [0.2, 0.25) is 11.8 Å². The van der Waals surface area contributed by atoms with Crippen molar-refractivity contribution in [3.63, 3.8) is 0 Å². The molecule has 0 heterocycles. The van der Waals surface area contributed by atoms with Crippen LogP contribution in [-0.4, -0.2) is 11.8 Å². The summed E-state index contributed by atoms with van der Waals surface area (Å²) >= 11 is 0. The van der Waals surface area contributed by atoms with Crippen LogP contribution >= 0.6 is 0 Å². The van der Waals surface area contributed by atoms with E-state index in [1.54, 1.807) is 36.4 Å². The zero-order valence-electron chi connectivity index (χ0n) is 11.7. The zero-order valence-corrected chi connectivity index (χ0v) is 11.7. The molecule has 0 saturated heterocycles. The SMILES string of the molecule is C=CCC(CC=C)(C(N)=O)c1ccc(NC(C)=O)cc1. The molecule has 0 aromatic heterocycles. The van der Waals surface area contributed by atoms with Crippen molar-refractivity contribution in [2.75, 3.05) is 5.32 Å². The Bertz CT molecular complexity index is 508. The maximum Gasteiger partial charge on any atom is 0.228 e. The molecule has 1 aromatic carbocycles. The van der Waals surface area contributed by atoms with E-state index in [0.717, 1.165) is 5.56 Å². The molecule has 0 unspecified atom stereocenters. The molecule has 0 fully saturated rings. The van der Waals surface area contributed by atoms with Gasteiger partial charge in [-0.3, -0.25) is 9.59 Å². The summed E-state index contributed by atoms with van der Waals surface area (Å²) in [7, 11) is 0. The largest absolute Gasteiger partial charge is 0.369 e. The molecule has 1 rings (SSSR count). The molecule has 0 aliphatic heterocycles. The lowest BCUT2D eigenvalue weighted by Gasteiger charge is -2.29. The van der Waals surface area contributed by atoms with Gasteiger partial charge in [0.15, 0.2) is 0 Å². The second kappa shape index (κ2) is 6.70. The Morgan fingerprint density at radius 3 is 2.05 bits per heavy atom. The minimum atomic E-state index is -0.835. The van der Waals surface area contributed by atoms with Gasteiger partial charge in [0, 0.05) is 12.6 Å². The van der Waals surface area contributed by atoms with Gasteiger partial charge in [-0.15, -0.1) is 13.2 Å². The number of hydrogen-bond donors (Lipinski definition) is 2. The monoisotopic (exact) mass is 272 g/mol. The summed E-state index contributed by atoms with van der Waals surface area (Å²) in [6.45, 7) is 8.83. The molecule has 2 amide bonds. The van der Waals surface area contributed by atoms with Crippen LogP contribution in [0.2, 0.25) is 0 Å². The fourth-order valence-electron chi connectivity index (χ4n) is 2.23. The van der Waals surface area contributed by atoms with Crippen LogP contribution in [0.25, 0.3) is 0 Å². The maximum absolute atomic E-state index is 11.9. The molecule has 0 aliphatic rings. The van der Waals surface area contributed by atoms with E-state index in [1.165, 1.54) is 6.92 Å². The number of nitrogens with two attached hydrogens (primary N) is 1. The number of nitrogens with one attached hydrogen (secondary N) is 1. The van der Waals surface area contributed by atoms with Crippen molar-refractivity contribution in [1.82, 2.24) is 0 Å². The predicted octanol–water partition coefficient (Wildman–Crippen LogP) is 2.52. The third-order valence-corrected chi connectivity index (χ3v) is 3.22. The summed E-state index contributed by atoms with van der Waals surface area (Å²) < 4.78 is 0. The number of carbonyl (C=O) groups is 2. The Hall–Kier alpha value is -2.36. The number of hydrogen-bond acceptors (Lipinski definition) is 2. The highest BCUT2D eigenvalue weighted by Crippen LogP contribution is 2.33. The number of rotatable bonds is 7. The van der Waals surface area contributed by atoms with Gasteiger partial charge in [0.1, 0.15) is 0 Å². The van der Waals surface area contributed by atoms with Crippen LogP contribution < -0.4 is 11.1 Å². The van der Waals surface area contributed by atoms with Gasteiger partial charge in [-0.1, -0.05) is 24.3 Å². The molecule has 4 nitrogen and oxygen atoms in total. The molecule has 3 N–H and O–H groups in total. The number of carbonyl (C=O) groups excluding carboxylic acids is 2. The van der Waals surface area contributed by atoms with Crippen molar-refractivity contribution in [1.29, 1.82) is 0 Å². The quantitative estimate of drug-likeness (QED) is 0.749. The molecule has 106 valence electrons. The highest BCUT2D eigenvalue weighted by molar-refractivity contribution is 5.89. The fraction of sp³-hybridized carbons (Fsp3) is 0.250. The summed E-state index contributed by atoms with van der Waals surface area (Å²) in [5.41, 5.74) is 6.22.